The number of ether oxygens (including phenoxy) is 1. The van der Waals surface area contributed by atoms with Crippen LogP contribution in [0.25, 0.3) is 0 Å². The molecule has 12 heavy (non-hydrogen) atoms. The SMILES string of the molecule is CC(=O)[C@H](C)NC(=O)OC(C)C. The smallest absolute Gasteiger partial charge is 0.407 e. The zero-order chi connectivity index (χ0) is 9.72. The number of rotatable bonds is 3. The van der Waals surface area contributed by atoms with Crippen molar-refractivity contribution in [3.63, 3.8) is 0 Å². The molecule has 0 saturated heterocycles. The van der Waals surface area contributed by atoms with Gasteiger partial charge < -0.3 is 10.1 Å². The van der Waals surface area contributed by atoms with Gasteiger partial charge in [-0.2, -0.15) is 0 Å². The summed E-state index contributed by atoms with van der Waals surface area (Å²) in [5.74, 6) is -0.0873. The van der Waals surface area contributed by atoms with E-state index in [-0.39, 0.29) is 11.9 Å². The number of amides is 1. The molecule has 0 heterocycles. The van der Waals surface area contributed by atoms with Crippen LogP contribution in [0.15, 0.2) is 0 Å². The van der Waals surface area contributed by atoms with Crippen molar-refractivity contribution in [2.75, 3.05) is 0 Å². The minimum absolute atomic E-state index is 0.0873. The lowest BCUT2D eigenvalue weighted by molar-refractivity contribution is -0.118. The maximum Gasteiger partial charge on any atom is 0.407 e. The standard InChI is InChI=1S/C8H15NO3/c1-5(2)12-8(11)9-6(3)7(4)10/h5-6H,1-4H3,(H,9,11)/t6-/m0/s1. The first kappa shape index (κ1) is 10.9. The molecule has 0 aliphatic rings. The molecule has 4 heteroatoms. The topological polar surface area (TPSA) is 55.4 Å². The number of alkyl carbamates (subject to hydrolysis) is 1. The molecule has 0 aromatic carbocycles. The van der Waals surface area contributed by atoms with Gasteiger partial charge in [-0.05, 0) is 27.7 Å². The van der Waals surface area contributed by atoms with E-state index in [2.05, 4.69) is 5.32 Å². The van der Waals surface area contributed by atoms with Crippen LogP contribution >= 0.6 is 0 Å². The average Bonchev–Trinajstić information content (AvgIpc) is 1.84. The Labute approximate surface area is 72.3 Å². The van der Waals surface area contributed by atoms with Gasteiger partial charge in [-0.3, -0.25) is 4.79 Å². The summed E-state index contributed by atoms with van der Waals surface area (Å²) in [5, 5.41) is 2.40. The normalized spacial score (nSPS) is 12.4. The van der Waals surface area contributed by atoms with Gasteiger partial charge in [0.1, 0.15) is 0 Å². The fraction of sp³-hybridized carbons (Fsp3) is 0.750. The molecule has 0 aliphatic carbocycles. The zero-order valence-corrected chi connectivity index (χ0v) is 7.88. The van der Waals surface area contributed by atoms with E-state index in [1.54, 1.807) is 20.8 Å². The maximum atomic E-state index is 10.9. The van der Waals surface area contributed by atoms with Crippen LogP contribution < -0.4 is 5.32 Å². The summed E-state index contributed by atoms with van der Waals surface area (Å²) in [7, 11) is 0. The Kier molecular flexibility index (Phi) is 4.33. The molecule has 0 radical (unpaired) electrons. The van der Waals surface area contributed by atoms with E-state index in [0.717, 1.165) is 0 Å². The zero-order valence-electron chi connectivity index (χ0n) is 7.88. The number of hydrogen-bond acceptors (Lipinski definition) is 3. The number of carbonyl (C=O) groups excluding carboxylic acids is 2. The van der Waals surface area contributed by atoms with Crippen molar-refractivity contribution in [3.8, 4) is 0 Å². The van der Waals surface area contributed by atoms with Crippen molar-refractivity contribution >= 4 is 11.9 Å². The van der Waals surface area contributed by atoms with Crippen LogP contribution in [0.5, 0.6) is 0 Å². The maximum absolute atomic E-state index is 10.9. The highest BCUT2D eigenvalue weighted by Gasteiger charge is 2.12. The summed E-state index contributed by atoms with van der Waals surface area (Å²) in [6.07, 6.45) is -0.711. The first-order valence-corrected chi connectivity index (χ1v) is 3.91. The molecule has 4 nitrogen and oxygen atoms in total. The molecule has 1 atom stereocenters. The number of ketones is 1. The van der Waals surface area contributed by atoms with Crippen molar-refractivity contribution in [2.45, 2.75) is 39.8 Å². The molecule has 0 spiro atoms. The van der Waals surface area contributed by atoms with Gasteiger partial charge in [-0.25, -0.2) is 4.79 Å². The Morgan fingerprint density at radius 2 is 1.75 bits per heavy atom. The third-order valence-electron chi connectivity index (χ3n) is 1.29. The van der Waals surface area contributed by atoms with E-state index in [1.807, 2.05) is 0 Å². The second-order valence-electron chi connectivity index (χ2n) is 2.93. The molecule has 0 rings (SSSR count). The molecule has 1 N–H and O–H groups in total. The molecular formula is C8H15NO3. The molecule has 0 aromatic heterocycles. The van der Waals surface area contributed by atoms with Gasteiger partial charge >= 0.3 is 6.09 Å². The van der Waals surface area contributed by atoms with Gasteiger partial charge in [0.2, 0.25) is 0 Å². The van der Waals surface area contributed by atoms with Crippen molar-refractivity contribution < 1.29 is 14.3 Å². The van der Waals surface area contributed by atoms with Crippen LogP contribution in [0.2, 0.25) is 0 Å². The highest BCUT2D eigenvalue weighted by molar-refractivity contribution is 5.84. The number of nitrogens with one attached hydrogen (secondary N) is 1. The van der Waals surface area contributed by atoms with Crippen LogP contribution in [0.1, 0.15) is 27.7 Å². The Bertz CT molecular complexity index is 177. The molecule has 0 aromatic rings. The lowest BCUT2D eigenvalue weighted by atomic mass is 10.2. The lowest BCUT2D eigenvalue weighted by Crippen LogP contribution is -2.38. The van der Waals surface area contributed by atoms with Crippen LogP contribution in [0.3, 0.4) is 0 Å². The molecular weight excluding hydrogens is 158 g/mol. The van der Waals surface area contributed by atoms with Gasteiger partial charge in [0, 0.05) is 0 Å². The number of hydrogen-bond donors (Lipinski definition) is 1. The fourth-order valence-corrected chi connectivity index (χ4v) is 0.527. The van der Waals surface area contributed by atoms with Crippen LogP contribution in [-0.4, -0.2) is 24.0 Å². The molecule has 1 amide bonds. The van der Waals surface area contributed by atoms with E-state index in [4.69, 9.17) is 4.74 Å². The third kappa shape index (κ3) is 4.71. The molecule has 0 saturated carbocycles. The quantitative estimate of drug-likeness (QED) is 0.695. The van der Waals surface area contributed by atoms with Crippen molar-refractivity contribution in [1.29, 1.82) is 0 Å². The predicted octanol–water partition coefficient (Wildman–Crippen LogP) is 1.10. The molecule has 0 bridgehead atoms. The van der Waals surface area contributed by atoms with Gasteiger partial charge in [0.25, 0.3) is 0 Å². The van der Waals surface area contributed by atoms with Gasteiger partial charge in [-0.15, -0.1) is 0 Å². The van der Waals surface area contributed by atoms with Crippen LogP contribution in [-0.2, 0) is 9.53 Å². The minimum Gasteiger partial charge on any atom is -0.447 e. The molecule has 0 unspecified atom stereocenters. The lowest BCUT2D eigenvalue weighted by Gasteiger charge is -2.12. The summed E-state index contributed by atoms with van der Waals surface area (Å²) in [6.45, 7) is 6.53. The Morgan fingerprint density at radius 3 is 2.08 bits per heavy atom. The largest absolute Gasteiger partial charge is 0.447 e. The Hall–Kier alpha value is -1.06. The molecule has 0 aliphatic heterocycles. The van der Waals surface area contributed by atoms with Crippen molar-refractivity contribution in [2.24, 2.45) is 0 Å². The third-order valence-corrected chi connectivity index (χ3v) is 1.29. The highest BCUT2D eigenvalue weighted by Crippen LogP contribution is 1.90. The van der Waals surface area contributed by atoms with E-state index in [0.29, 0.717) is 0 Å². The second kappa shape index (κ2) is 4.74. The van der Waals surface area contributed by atoms with Crippen LogP contribution in [0, 0.1) is 0 Å². The van der Waals surface area contributed by atoms with E-state index < -0.39 is 12.1 Å². The average molecular weight is 173 g/mol. The van der Waals surface area contributed by atoms with E-state index in [9.17, 15) is 9.59 Å². The van der Waals surface area contributed by atoms with E-state index in [1.165, 1.54) is 6.92 Å². The monoisotopic (exact) mass is 173 g/mol. The van der Waals surface area contributed by atoms with Crippen molar-refractivity contribution in [3.05, 3.63) is 0 Å². The summed E-state index contributed by atoms with van der Waals surface area (Å²) in [5.41, 5.74) is 0. The van der Waals surface area contributed by atoms with Gasteiger partial charge in [0.15, 0.2) is 5.78 Å². The predicted molar refractivity (Wildman–Crippen MR) is 44.9 cm³/mol. The minimum atomic E-state index is -0.548. The molecule has 70 valence electrons. The Morgan fingerprint density at radius 1 is 1.25 bits per heavy atom. The van der Waals surface area contributed by atoms with E-state index >= 15 is 0 Å². The van der Waals surface area contributed by atoms with Gasteiger partial charge in [0.05, 0.1) is 12.1 Å². The number of Topliss-reactive ketones (excluding diaryl/α,β-unsaturated/α-hetero) is 1. The van der Waals surface area contributed by atoms with Gasteiger partial charge in [-0.1, -0.05) is 0 Å². The fourth-order valence-electron chi connectivity index (χ4n) is 0.527. The first-order valence-electron chi connectivity index (χ1n) is 3.91. The summed E-state index contributed by atoms with van der Waals surface area (Å²) < 4.78 is 4.77. The summed E-state index contributed by atoms with van der Waals surface area (Å²) >= 11 is 0. The van der Waals surface area contributed by atoms with Crippen LogP contribution in [0.4, 0.5) is 4.79 Å². The Balaban J connectivity index is 3.77. The highest BCUT2D eigenvalue weighted by atomic mass is 16.6. The number of carbonyl (C=O) groups is 2. The second-order valence-corrected chi connectivity index (χ2v) is 2.93. The summed E-state index contributed by atoms with van der Waals surface area (Å²) in [4.78, 5) is 21.6. The molecule has 0 fully saturated rings. The summed E-state index contributed by atoms with van der Waals surface area (Å²) in [6, 6.07) is -0.476. The first-order chi connectivity index (χ1) is 5.43. The van der Waals surface area contributed by atoms with Crippen molar-refractivity contribution in [1.82, 2.24) is 5.32 Å².